The molecular formula is C16H21N3O2. The summed E-state index contributed by atoms with van der Waals surface area (Å²) in [5.74, 6) is -0.465. The second kappa shape index (κ2) is 6.92. The van der Waals surface area contributed by atoms with Gasteiger partial charge in [0.25, 0.3) is 0 Å². The van der Waals surface area contributed by atoms with E-state index in [1.165, 1.54) is 6.08 Å². The highest BCUT2D eigenvalue weighted by atomic mass is 16.1. The van der Waals surface area contributed by atoms with Crippen molar-refractivity contribution in [2.75, 3.05) is 18.0 Å². The Hall–Kier alpha value is -2.30. The predicted molar refractivity (Wildman–Crippen MR) is 82.6 cm³/mol. The largest absolute Gasteiger partial charge is 0.371 e. The van der Waals surface area contributed by atoms with Gasteiger partial charge < -0.3 is 16.0 Å². The lowest BCUT2D eigenvalue weighted by Gasteiger charge is -2.33. The first-order chi connectivity index (χ1) is 10.1. The minimum Gasteiger partial charge on any atom is -0.371 e. The SMILES string of the molecule is C=CC(=O)NCc1ccc(N2CCCC(C(N)=O)C2)cc1. The molecule has 0 radical (unpaired) electrons. The van der Waals surface area contributed by atoms with Gasteiger partial charge in [0, 0.05) is 25.3 Å². The highest BCUT2D eigenvalue weighted by molar-refractivity contribution is 5.86. The van der Waals surface area contributed by atoms with E-state index in [4.69, 9.17) is 5.73 Å². The molecule has 1 saturated heterocycles. The molecule has 2 rings (SSSR count). The summed E-state index contributed by atoms with van der Waals surface area (Å²) in [5, 5.41) is 2.74. The third kappa shape index (κ3) is 4.08. The molecule has 1 aromatic rings. The number of nitrogens with one attached hydrogen (secondary N) is 1. The van der Waals surface area contributed by atoms with Gasteiger partial charge in [-0.2, -0.15) is 0 Å². The Morgan fingerprint density at radius 1 is 1.38 bits per heavy atom. The van der Waals surface area contributed by atoms with Gasteiger partial charge in [-0.15, -0.1) is 0 Å². The van der Waals surface area contributed by atoms with E-state index in [1.807, 2.05) is 24.3 Å². The number of amides is 2. The molecule has 1 unspecified atom stereocenters. The number of primary amides is 1. The average molecular weight is 287 g/mol. The fraction of sp³-hybridized carbons (Fsp3) is 0.375. The third-order valence-corrected chi connectivity index (χ3v) is 3.78. The van der Waals surface area contributed by atoms with Crippen molar-refractivity contribution in [3.8, 4) is 0 Å². The Labute approximate surface area is 124 Å². The van der Waals surface area contributed by atoms with Crippen LogP contribution >= 0.6 is 0 Å². The number of hydrogen-bond donors (Lipinski definition) is 2. The van der Waals surface area contributed by atoms with Gasteiger partial charge in [-0.3, -0.25) is 9.59 Å². The van der Waals surface area contributed by atoms with Crippen molar-refractivity contribution in [1.82, 2.24) is 5.32 Å². The Balaban J connectivity index is 1.96. The van der Waals surface area contributed by atoms with Gasteiger partial charge in [0.15, 0.2) is 0 Å². The van der Waals surface area contributed by atoms with E-state index in [9.17, 15) is 9.59 Å². The van der Waals surface area contributed by atoms with Crippen molar-refractivity contribution in [2.24, 2.45) is 11.7 Å². The molecule has 3 N–H and O–H groups in total. The third-order valence-electron chi connectivity index (χ3n) is 3.78. The van der Waals surface area contributed by atoms with Crippen LogP contribution in [0.1, 0.15) is 18.4 Å². The van der Waals surface area contributed by atoms with E-state index in [0.29, 0.717) is 13.1 Å². The number of carbonyl (C=O) groups excluding carboxylic acids is 2. The van der Waals surface area contributed by atoms with E-state index in [2.05, 4.69) is 16.8 Å². The molecule has 1 fully saturated rings. The first-order valence-corrected chi connectivity index (χ1v) is 7.13. The molecule has 0 bridgehead atoms. The lowest BCUT2D eigenvalue weighted by atomic mass is 9.97. The van der Waals surface area contributed by atoms with Gasteiger partial charge in [0.05, 0.1) is 5.92 Å². The topological polar surface area (TPSA) is 75.4 Å². The van der Waals surface area contributed by atoms with Gasteiger partial charge in [0.2, 0.25) is 11.8 Å². The molecule has 1 heterocycles. The first-order valence-electron chi connectivity index (χ1n) is 7.13. The van der Waals surface area contributed by atoms with Gasteiger partial charge in [-0.05, 0) is 36.6 Å². The maximum atomic E-state index is 11.3. The van der Waals surface area contributed by atoms with E-state index in [0.717, 1.165) is 30.6 Å². The molecule has 1 atom stereocenters. The number of anilines is 1. The smallest absolute Gasteiger partial charge is 0.243 e. The standard InChI is InChI=1S/C16H21N3O2/c1-2-15(20)18-10-12-5-7-14(8-6-12)19-9-3-4-13(11-19)16(17)21/h2,5-8,13H,1,3-4,9-11H2,(H2,17,21)(H,18,20). The maximum absolute atomic E-state index is 11.3. The van der Waals surface area contributed by atoms with Crippen molar-refractivity contribution in [2.45, 2.75) is 19.4 Å². The molecule has 0 spiro atoms. The maximum Gasteiger partial charge on any atom is 0.243 e. The van der Waals surface area contributed by atoms with Crippen LogP contribution in [-0.4, -0.2) is 24.9 Å². The van der Waals surface area contributed by atoms with Crippen molar-refractivity contribution in [1.29, 1.82) is 0 Å². The number of carbonyl (C=O) groups is 2. The minimum absolute atomic E-state index is 0.0645. The second-order valence-corrected chi connectivity index (χ2v) is 5.28. The zero-order chi connectivity index (χ0) is 15.2. The quantitative estimate of drug-likeness (QED) is 0.799. The zero-order valence-corrected chi connectivity index (χ0v) is 12.0. The Morgan fingerprint density at radius 3 is 2.71 bits per heavy atom. The number of nitrogens with zero attached hydrogens (tertiary/aromatic N) is 1. The van der Waals surface area contributed by atoms with Crippen molar-refractivity contribution < 1.29 is 9.59 Å². The predicted octanol–water partition coefficient (Wildman–Crippen LogP) is 1.19. The first kappa shape index (κ1) is 15.1. The van der Waals surface area contributed by atoms with Gasteiger partial charge in [0.1, 0.15) is 0 Å². The minimum atomic E-state index is -0.219. The Kier molecular flexibility index (Phi) is 4.98. The summed E-state index contributed by atoms with van der Waals surface area (Å²) in [4.78, 5) is 24.6. The summed E-state index contributed by atoms with van der Waals surface area (Å²) in [6.45, 7) is 5.52. The Bertz CT molecular complexity index is 525. The summed E-state index contributed by atoms with van der Waals surface area (Å²) in [7, 11) is 0. The molecule has 1 aromatic carbocycles. The fourth-order valence-electron chi connectivity index (χ4n) is 2.53. The Morgan fingerprint density at radius 2 is 2.10 bits per heavy atom. The molecule has 0 aliphatic carbocycles. The lowest BCUT2D eigenvalue weighted by Crippen LogP contribution is -2.41. The summed E-state index contributed by atoms with van der Waals surface area (Å²) in [6.07, 6.45) is 3.11. The average Bonchev–Trinajstić information content (AvgIpc) is 2.53. The molecule has 5 nitrogen and oxygen atoms in total. The van der Waals surface area contributed by atoms with Crippen LogP contribution in [0.2, 0.25) is 0 Å². The highest BCUT2D eigenvalue weighted by Gasteiger charge is 2.23. The molecule has 0 saturated carbocycles. The monoisotopic (exact) mass is 287 g/mol. The number of hydrogen-bond acceptors (Lipinski definition) is 3. The zero-order valence-electron chi connectivity index (χ0n) is 12.0. The van der Waals surface area contributed by atoms with E-state index < -0.39 is 0 Å². The molecule has 112 valence electrons. The highest BCUT2D eigenvalue weighted by Crippen LogP contribution is 2.23. The van der Waals surface area contributed by atoms with Crippen LogP contribution in [0.4, 0.5) is 5.69 Å². The molecule has 0 aromatic heterocycles. The number of benzene rings is 1. The number of nitrogens with two attached hydrogens (primary N) is 1. The summed E-state index contributed by atoms with van der Waals surface area (Å²) < 4.78 is 0. The van der Waals surface area contributed by atoms with E-state index >= 15 is 0 Å². The van der Waals surface area contributed by atoms with Crippen molar-refractivity contribution in [3.63, 3.8) is 0 Å². The normalized spacial score (nSPS) is 18.1. The summed E-state index contributed by atoms with van der Waals surface area (Å²) in [5.41, 5.74) is 7.51. The number of rotatable bonds is 5. The van der Waals surface area contributed by atoms with Crippen LogP contribution in [0.15, 0.2) is 36.9 Å². The van der Waals surface area contributed by atoms with Crippen LogP contribution in [-0.2, 0) is 16.1 Å². The lowest BCUT2D eigenvalue weighted by molar-refractivity contribution is -0.122. The fourth-order valence-corrected chi connectivity index (χ4v) is 2.53. The molecule has 1 aliphatic rings. The molecule has 1 aliphatic heterocycles. The van der Waals surface area contributed by atoms with Crippen molar-refractivity contribution >= 4 is 17.5 Å². The van der Waals surface area contributed by atoms with Crippen molar-refractivity contribution in [3.05, 3.63) is 42.5 Å². The second-order valence-electron chi connectivity index (χ2n) is 5.28. The van der Waals surface area contributed by atoms with Crippen LogP contribution in [0.25, 0.3) is 0 Å². The van der Waals surface area contributed by atoms with Gasteiger partial charge in [-0.25, -0.2) is 0 Å². The van der Waals surface area contributed by atoms with Crippen LogP contribution in [0, 0.1) is 5.92 Å². The van der Waals surface area contributed by atoms with E-state index in [1.54, 1.807) is 0 Å². The summed E-state index contributed by atoms with van der Waals surface area (Å²) in [6, 6.07) is 7.98. The molecule has 21 heavy (non-hydrogen) atoms. The van der Waals surface area contributed by atoms with Gasteiger partial charge >= 0.3 is 0 Å². The van der Waals surface area contributed by atoms with Crippen LogP contribution < -0.4 is 16.0 Å². The molecule has 2 amide bonds. The molecule has 5 heteroatoms. The summed E-state index contributed by atoms with van der Waals surface area (Å²) >= 11 is 0. The molecular weight excluding hydrogens is 266 g/mol. The van der Waals surface area contributed by atoms with Crippen LogP contribution in [0.3, 0.4) is 0 Å². The van der Waals surface area contributed by atoms with Gasteiger partial charge in [-0.1, -0.05) is 18.7 Å². The van der Waals surface area contributed by atoms with E-state index in [-0.39, 0.29) is 17.7 Å². The van der Waals surface area contributed by atoms with Crippen LogP contribution in [0.5, 0.6) is 0 Å². The number of piperidine rings is 1.